The van der Waals surface area contributed by atoms with Gasteiger partial charge in [-0.25, -0.2) is 4.98 Å². The minimum absolute atomic E-state index is 0.595. The number of hydrogen-bond acceptors (Lipinski definition) is 3. The predicted octanol–water partition coefficient (Wildman–Crippen LogP) is 3.12. The van der Waals surface area contributed by atoms with Crippen molar-refractivity contribution in [3.8, 4) is 23.2 Å². The molecule has 98 valence electrons. The Labute approximate surface area is 116 Å². The first-order valence-electron chi connectivity index (χ1n) is 6.24. The Morgan fingerprint density at radius 2 is 1.90 bits per heavy atom. The van der Waals surface area contributed by atoms with Crippen LogP contribution in [0, 0.1) is 11.3 Å². The summed E-state index contributed by atoms with van der Waals surface area (Å²) in [6, 6.07) is 15.5. The molecular weight excluding hydrogens is 250 g/mol. The number of imidazole rings is 1. The van der Waals surface area contributed by atoms with E-state index in [9.17, 15) is 0 Å². The maximum absolute atomic E-state index is 9.16. The van der Waals surface area contributed by atoms with E-state index in [1.165, 1.54) is 0 Å². The van der Waals surface area contributed by atoms with Crippen molar-refractivity contribution in [1.82, 2.24) is 9.55 Å². The number of hydrogen-bond donors (Lipinski definition) is 0. The van der Waals surface area contributed by atoms with Crippen molar-refractivity contribution >= 4 is 11.0 Å². The van der Waals surface area contributed by atoms with E-state index >= 15 is 0 Å². The van der Waals surface area contributed by atoms with Crippen molar-refractivity contribution < 1.29 is 4.74 Å². The molecule has 4 heteroatoms. The van der Waals surface area contributed by atoms with Crippen LogP contribution in [0.3, 0.4) is 0 Å². The number of aryl methyl sites for hydroxylation is 1. The highest BCUT2D eigenvalue weighted by atomic mass is 16.5. The molecule has 0 aliphatic rings. The first-order valence-corrected chi connectivity index (χ1v) is 6.24. The van der Waals surface area contributed by atoms with Crippen LogP contribution in [-0.2, 0) is 7.05 Å². The van der Waals surface area contributed by atoms with Crippen molar-refractivity contribution in [1.29, 1.82) is 5.26 Å². The summed E-state index contributed by atoms with van der Waals surface area (Å²) in [5, 5.41) is 9.16. The molecule has 0 saturated heterocycles. The van der Waals surface area contributed by atoms with Gasteiger partial charge in [0.1, 0.15) is 23.2 Å². The molecule has 3 aromatic rings. The SMILES string of the molecule is COc1ccc(-c2nc3c(C#N)cccc3n2C)cc1. The largest absolute Gasteiger partial charge is 0.497 e. The van der Waals surface area contributed by atoms with Gasteiger partial charge in [-0.3, -0.25) is 0 Å². The third-order valence-corrected chi connectivity index (χ3v) is 3.38. The summed E-state index contributed by atoms with van der Waals surface area (Å²) >= 11 is 0. The van der Waals surface area contributed by atoms with Gasteiger partial charge in [0.05, 0.1) is 18.2 Å². The standard InChI is InChI=1S/C16H13N3O/c1-19-14-5-3-4-12(10-17)15(14)18-16(19)11-6-8-13(20-2)9-7-11/h3-9H,1-2H3. The van der Waals surface area contributed by atoms with E-state index in [-0.39, 0.29) is 0 Å². The number of para-hydroxylation sites is 1. The lowest BCUT2D eigenvalue weighted by atomic mass is 10.2. The minimum Gasteiger partial charge on any atom is -0.497 e. The van der Waals surface area contributed by atoms with E-state index in [4.69, 9.17) is 10.00 Å². The summed E-state index contributed by atoms with van der Waals surface area (Å²) in [4.78, 5) is 4.61. The lowest BCUT2D eigenvalue weighted by Gasteiger charge is -2.04. The van der Waals surface area contributed by atoms with Crippen molar-refractivity contribution in [2.45, 2.75) is 0 Å². The molecule has 0 radical (unpaired) electrons. The van der Waals surface area contributed by atoms with Crippen LogP contribution >= 0.6 is 0 Å². The average molecular weight is 263 g/mol. The molecular formula is C16H13N3O. The monoisotopic (exact) mass is 263 g/mol. The molecule has 0 aliphatic carbocycles. The fourth-order valence-corrected chi connectivity index (χ4v) is 2.30. The molecule has 0 N–H and O–H groups in total. The van der Waals surface area contributed by atoms with Gasteiger partial charge in [-0.15, -0.1) is 0 Å². The van der Waals surface area contributed by atoms with Crippen LogP contribution < -0.4 is 4.74 Å². The Bertz CT molecular complexity index is 810. The number of ether oxygens (including phenoxy) is 1. The fourth-order valence-electron chi connectivity index (χ4n) is 2.30. The van der Waals surface area contributed by atoms with E-state index in [2.05, 4.69) is 11.1 Å². The molecule has 20 heavy (non-hydrogen) atoms. The molecule has 1 heterocycles. The van der Waals surface area contributed by atoms with Gasteiger partial charge in [0.15, 0.2) is 0 Å². The second-order valence-electron chi connectivity index (χ2n) is 4.51. The van der Waals surface area contributed by atoms with Crippen molar-refractivity contribution in [2.24, 2.45) is 7.05 Å². The normalized spacial score (nSPS) is 10.4. The molecule has 0 unspecified atom stereocenters. The van der Waals surface area contributed by atoms with E-state index in [0.717, 1.165) is 28.2 Å². The van der Waals surface area contributed by atoms with Crippen molar-refractivity contribution in [2.75, 3.05) is 7.11 Å². The quantitative estimate of drug-likeness (QED) is 0.713. The molecule has 0 amide bonds. The molecule has 1 aromatic heterocycles. The smallest absolute Gasteiger partial charge is 0.140 e. The van der Waals surface area contributed by atoms with Crippen LogP contribution in [0.2, 0.25) is 0 Å². The number of aromatic nitrogens is 2. The zero-order valence-corrected chi connectivity index (χ0v) is 11.3. The lowest BCUT2D eigenvalue weighted by molar-refractivity contribution is 0.415. The van der Waals surface area contributed by atoms with Gasteiger partial charge in [0.25, 0.3) is 0 Å². The average Bonchev–Trinajstić information content (AvgIpc) is 2.85. The van der Waals surface area contributed by atoms with E-state index in [1.54, 1.807) is 13.2 Å². The summed E-state index contributed by atoms with van der Waals surface area (Å²) in [6.45, 7) is 0. The molecule has 0 fully saturated rings. The van der Waals surface area contributed by atoms with Gasteiger partial charge in [-0.2, -0.15) is 5.26 Å². The first-order chi connectivity index (χ1) is 9.74. The van der Waals surface area contributed by atoms with Gasteiger partial charge in [0, 0.05) is 12.6 Å². The van der Waals surface area contributed by atoms with Crippen LogP contribution in [0.5, 0.6) is 5.75 Å². The third-order valence-electron chi connectivity index (χ3n) is 3.38. The van der Waals surface area contributed by atoms with Crippen LogP contribution in [0.15, 0.2) is 42.5 Å². The summed E-state index contributed by atoms with van der Waals surface area (Å²) in [5.74, 6) is 1.65. The Hall–Kier alpha value is -2.80. The highest BCUT2D eigenvalue weighted by Gasteiger charge is 2.12. The summed E-state index contributed by atoms with van der Waals surface area (Å²) in [6.07, 6.45) is 0. The van der Waals surface area contributed by atoms with Crippen molar-refractivity contribution in [3.63, 3.8) is 0 Å². The summed E-state index contributed by atoms with van der Waals surface area (Å²) in [7, 11) is 3.60. The lowest BCUT2D eigenvalue weighted by Crippen LogP contribution is -1.92. The third kappa shape index (κ3) is 1.81. The number of benzene rings is 2. The Morgan fingerprint density at radius 3 is 2.55 bits per heavy atom. The minimum atomic E-state index is 0.595. The number of rotatable bonds is 2. The van der Waals surface area contributed by atoms with Gasteiger partial charge < -0.3 is 9.30 Å². The van der Waals surface area contributed by atoms with E-state index < -0.39 is 0 Å². The molecule has 0 saturated carbocycles. The highest BCUT2D eigenvalue weighted by Crippen LogP contribution is 2.26. The van der Waals surface area contributed by atoms with Crippen LogP contribution in [0.4, 0.5) is 0 Å². The zero-order valence-electron chi connectivity index (χ0n) is 11.3. The molecule has 4 nitrogen and oxygen atoms in total. The Kier molecular flexibility index (Phi) is 2.88. The molecule has 0 atom stereocenters. The zero-order chi connectivity index (χ0) is 14.1. The van der Waals surface area contributed by atoms with E-state index in [0.29, 0.717) is 5.56 Å². The van der Waals surface area contributed by atoms with E-state index in [1.807, 2.05) is 48.0 Å². The molecule has 0 spiro atoms. The maximum Gasteiger partial charge on any atom is 0.140 e. The van der Waals surface area contributed by atoms with Gasteiger partial charge >= 0.3 is 0 Å². The first kappa shape index (κ1) is 12.2. The number of methoxy groups -OCH3 is 1. The van der Waals surface area contributed by atoms with Crippen LogP contribution in [-0.4, -0.2) is 16.7 Å². The summed E-state index contributed by atoms with van der Waals surface area (Å²) in [5.41, 5.74) is 3.28. The van der Waals surface area contributed by atoms with Crippen LogP contribution in [0.1, 0.15) is 5.56 Å². The molecule has 0 bridgehead atoms. The molecule has 2 aromatic carbocycles. The number of nitrogens with zero attached hydrogens (tertiary/aromatic N) is 3. The van der Waals surface area contributed by atoms with Crippen LogP contribution in [0.25, 0.3) is 22.4 Å². The van der Waals surface area contributed by atoms with Crippen molar-refractivity contribution in [3.05, 3.63) is 48.0 Å². The summed E-state index contributed by atoms with van der Waals surface area (Å²) < 4.78 is 7.16. The molecule has 3 rings (SSSR count). The van der Waals surface area contributed by atoms with Gasteiger partial charge in [0.2, 0.25) is 0 Å². The maximum atomic E-state index is 9.16. The Balaban J connectivity index is 2.21. The van der Waals surface area contributed by atoms with Gasteiger partial charge in [-0.05, 0) is 36.4 Å². The second-order valence-corrected chi connectivity index (χ2v) is 4.51. The molecule has 0 aliphatic heterocycles. The number of nitriles is 1. The van der Waals surface area contributed by atoms with Gasteiger partial charge in [-0.1, -0.05) is 6.07 Å². The topological polar surface area (TPSA) is 50.8 Å². The predicted molar refractivity (Wildman–Crippen MR) is 77.4 cm³/mol. The highest BCUT2D eigenvalue weighted by molar-refractivity contribution is 5.85. The number of fused-ring (bicyclic) bond motifs is 1. The second kappa shape index (κ2) is 4.71. The Morgan fingerprint density at radius 1 is 1.15 bits per heavy atom. The fraction of sp³-hybridized carbons (Fsp3) is 0.125.